The SMILES string of the molecule is COC1OC(=O)C2OC3(OC12)C1CC2CC3CC(OC(=O)C(C)(F)F)(C2)C1. The maximum absolute atomic E-state index is 13.4. The summed E-state index contributed by atoms with van der Waals surface area (Å²) in [4.78, 5) is 23.9. The average molecular weight is 388 g/mol. The average Bonchev–Trinajstić information content (AvgIpc) is 3.09. The number of hydrogen-bond acceptors (Lipinski definition) is 7. The molecule has 0 aromatic rings. The largest absolute Gasteiger partial charge is 0.455 e. The minimum absolute atomic E-state index is 0.127. The molecule has 0 aromatic carbocycles. The third-order valence-corrected chi connectivity index (χ3v) is 6.83. The van der Waals surface area contributed by atoms with Gasteiger partial charge >= 0.3 is 17.9 Å². The zero-order valence-corrected chi connectivity index (χ0v) is 15.1. The molecular weight excluding hydrogens is 366 g/mol. The van der Waals surface area contributed by atoms with Crippen LogP contribution in [-0.4, -0.2) is 54.9 Å². The minimum atomic E-state index is -3.52. The van der Waals surface area contributed by atoms with Crippen LogP contribution < -0.4 is 0 Å². The van der Waals surface area contributed by atoms with Crippen molar-refractivity contribution < 1.29 is 42.1 Å². The number of alkyl halides is 2. The number of carbonyl (C=O) groups excluding carboxylic acids is 2. The summed E-state index contributed by atoms with van der Waals surface area (Å²) in [7, 11) is 1.44. The van der Waals surface area contributed by atoms with E-state index in [0.29, 0.717) is 26.2 Å². The first kappa shape index (κ1) is 17.8. The van der Waals surface area contributed by atoms with Gasteiger partial charge in [-0.25, -0.2) is 9.59 Å². The topological polar surface area (TPSA) is 80.3 Å². The van der Waals surface area contributed by atoms with Crippen LogP contribution in [0, 0.1) is 17.8 Å². The zero-order chi connectivity index (χ0) is 19.2. The highest BCUT2D eigenvalue weighted by molar-refractivity contribution is 5.78. The van der Waals surface area contributed by atoms with E-state index in [2.05, 4.69) is 0 Å². The van der Waals surface area contributed by atoms with Gasteiger partial charge in [-0.15, -0.1) is 0 Å². The van der Waals surface area contributed by atoms with Crippen LogP contribution in [0.15, 0.2) is 0 Å². The predicted molar refractivity (Wildman–Crippen MR) is 82.4 cm³/mol. The number of cyclic esters (lactones) is 1. The van der Waals surface area contributed by atoms with Crippen molar-refractivity contribution >= 4 is 11.9 Å². The molecule has 4 aliphatic carbocycles. The van der Waals surface area contributed by atoms with Crippen molar-refractivity contribution in [1.29, 1.82) is 0 Å². The van der Waals surface area contributed by atoms with Gasteiger partial charge in [0, 0.05) is 25.9 Å². The van der Waals surface area contributed by atoms with Gasteiger partial charge in [-0.1, -0.05) is 0 Å². The lowest BCUT2D eigenvalue weighted by Gasteiger charge is -2.62. The highest BCUT2D eigenvalue weighted by Gasteiger charge is 2.72. The van der Waals surface area contributed by atoms with Gasteiger partial charge in [-0.3, -0.25) is 0 Å². The van der Waals surface area contributed by atoms with E-state index < -0.39 is 47.7 Å². The van der Waals surface area contributed by atoms with Crippen LogP contribution in [0.4, 0.5) is 8.78 Å². The van der Waals surface area contributed by atoms with E-state index in [-0.39, 0.29) is 17.8 Å². The standard InChI is InChI=1S/C18H22F2O7/c1-16(19,20)15(22)27-17-5-8-3-9(6-17)18(10(4-8)7-17)25-11-12(26-18)14(23-2)24-13(11)21/h8-12,14H,3-7H2,1-2H3. The van der Waals surface area contributed by atoms with Crippen molar-refractivity contribution in [3.63, 3.8) is 0 Å². The fraction of sp³-hybridized carbons (Fsp3) is 0.889. The third-order valence-electron chi connectivity index (χ3n) is 6.83. The van der Waals surface area contributed by atoms with Gasteiger partial charge < -0.3 is 23.7 Å². The normalized spacial score (nSPS) is 50.1. The molecular formula is C18H22F2O7. The van der Waals surface area contributed by atoms with Crippen LogP contribution in [-0.2, 0) is 33.3 Å². The van der Waals surface area contributed by atoms with Crippen LogP contribution in [0.25, 0.3) is 0 Å². The minimum Gasteiger partial charge on any atom is -0.455 e. The number of esters is 2. The Morgan fingerprint density at radius 1 is 1.19 bits per heavy atom. The van der Waals surface area contributed by atoms with E-state index in [1.54, 1.807) is 0 Å². The monoisotopic (exact) mass is 388 g/mol. The van der Waals surface area contributed by atoms with Gasteiger partial charge in [-0.05, 0) is 38.0 Å². The Labute approximate surface area is 154 Å². The fourth-order valence-corrected chi connectivity index (χ4v) is 6.03. The van der Waals surface area contributed by atoms with Crippen molar-refractivity contribution in [2.45, 2.75) is 74.8 Å². The molecule has 2 aliphatic heterocycles. The number of rotatable bonds is 3. The second-order valence-corrected chi connectivity index (χ2v) is 8.69. The summed E-state index contributed by atoms with van der Waals surface area (Å²) in [5.41, 5.74) is -0.899. The lowest BCUT2D eigenvalue weighted by atomic mass is 9.51. The first-order chi connectivity index (χ1) is 12.7. The molecule has 1 spiro atoms. The second kappa shape index (κ2) is 5.39. The quantitative estimate of drug-likeness (QED) is 0.682. The van der Waals surface area contributed by atoms with Gasteiger partial charge in [0.1, 0.15) is 5.60 Å². The Hall–Kier alpha value is -1.32. The van der Waals surface area contributed by atoms with Gasteiger partial charge in [0.25, 0.3) is 0 Å². The molecule has 5 unspecified atom stereocenters. The predicted octanol–water partition coefficient (Wildman–Crippen LogP) is 1.77. The molecule has 0 amide bonds. The van der Waals surface area contributed by atoms with Crippen molar-refractivity contribution in [2.24, 2.45) is 17.8 Å². The second-order valence-electron chi connectivity index (χ2n) is 8.69. The van der Waals surface area contributed by atoms with E-state index in [4.69, 9.17) is 23.7 Å². The summed E-state index contributed by atoms with van der Waals surface area (Å²) >= 11 is 0. The maximum atomic E-state index is 13.4. The maximum Gasteiger partial charge on any atom is 0.377 e. The van der Waals surface area contributed by atoms with Crippen molar-refractivity contribution in [2.75, 3.05) is 7.11 Å². The van der Waals surface area contributed by atoms with Crippen LogP contribution in [0.5, 0.6) is 0 Å². The lowest BCUT2D eigenvalue weighted by Crippen LogP contribution is -2.66. The van der Waals surface area contributed by atoms with Crippen molar-refractivity contribution in [1.82, 2.24) is 0 Å². The molecule has 4 bridgehead atoms. The summed E-state index contributed by atoms with van der Waals surface area (Å²) < 4.78 is 54.8. The summed E-state index contributed by atoms with van der Waals surface area (Å²) in [6.07, 6.45) is 0.679. The molecule has 6 rings (SSSR count). The van der Waals surface area contributed by atoms with E-state index in [9.17, 15) is 18.4 Å². The molecule has 2 heterocycles. The third kappa shape index (κ3) is 2.40. The molecule has 6 fully saturated rings. The molecule has 0 N–H and O–H groups in total. The van der Waals surface area contributed by atoms with Crippen LogP contribution in [0.1, 0.15) is 39.0 Å². The van der Waals surface area contributed by atoms with Gasteiger partial charge in [-0.2, -0.15) is 8.78 Å². The lowest BCUT2D eigenvalue weighted by molar-refractivity contribution is -0.335. The Morgan fingerprint density at radius 2 is 1.85 bits per heavy atom. The molecule has 9 heteroatoms. The summed E-state index contributed by atoms with van der Waals surface area (Å²) in [6, 6.07) is 0. The van der Waals surface area contributed by atoms with Crippen molar-refractivity contribution in [3.05, 3.63) is 0 Å². The van der Waals surface area contributed by atoms with E-state index in [1.165, 1.54) is 7.11 Å². The first-order valence-corrected chi connectivity index (χ1v) is 9.36. The molecule has 2 saturated heterocycles. The number of ether oxygens (including phenoxy) is 5. The first-order valence-electron chi connectivity index (χ1n) is 9.36. The Morgan fingerprint density at radius 3 is 2.44 bits per heavy atom. The van der Waals surface area contributed by atoms with E-state index in [1.807, 2.05) is 0 Å². The Balaban J connectivity index is 1.41. The van der Waals surface area contributed by atoms with Crippen LogP contribution in [0.2, 0.25) is 0 Å². The van der Waals surface area contributed by atoms with E-state index >= 15 is 0 Å². The fourth-order valence-electron chi connectivity index (χ4n) is 6.03. The van der Waals surface area contributed by atoms with Crippen LogP contribution >= 0.6 is 0 Å². The van der Waals surface area contributed by atoms with Gasteiger partial charge in [0.05, 0.1) is 0 Å². The number of halogens is 2. The highest BCUT2D eigenvalue weighted by Crippen LogP contribution is 2.65. The molecule has 5 atom stereocenters. The number of hydrogen-bond donors (Lipinski definition) is 0. The Kier molecular flexibility index (Phi) is 3.54. The zero-order valence-electron chi connectivity index (χ0n) is 15.1. The molecule has 6 aliphatic rings. The number of methoxy groups -OCH3 is 1. The summed E-state index contributed by atoms with van der Waals surface area (Å²) in [6.45, 7) is 0.554. The smallest absolute Gasteiger partial charge is 0.377 e. The molecule has 150 valence electrons. The molecule has 27 heavy (non-hydrogen) atoms. The summed E-state index contributed by atoms with van der Waals surface area (Å²) in [5.74, 6) is -6.46. The van der Waals surface area contributed by atoms with E-state index in [0.717, 1.165) is 12.8 Å². The molecule has 0 aromatic heterocycles. The number of carbonyl (C=O) groups is 2. The van der Waals surface area contributed by atoms with Gasteiger partial charge in [0.2, 0.25) is 6.29 Å². The number of fused-ring (bicyclic) bond motifs is 1. The van der Waals surface area contributed by atoms with Crippen LogP contribution in [0.3, 0.4) is 0 Å². The highest BCUT2D eigenvalue weighted by atomic mass is 19.3. The molecule has 7 nitrogen and oxygen atoms in total. The summed E-state index contributed by atoms with van der Waals surface area (Å²) in [5, 5.41) is 0. The Bertz CT molecular complexity index is 674. The van der Waals surface area contributed by atoms with Crippen molar-refractivity contribution in [3.8, 4) is 0 Å². The molecule has 0 radical (unpaired) electrons. The van der Waals surface area contributed by atoms with Gasteiger partial charge in [0.15, 0.2) is 18.0 Å². The molecule has 4 saturated carbocycles.